The van der Waals surface area contributed by atoms with Crippen LogP contribution in [0.5, 0.6) is 0 Å². The molecule has 6 nitrogen and oxygen atoms in total. The number of nitrogens with one attached hydrogen (secondary N) is 2. The number of nitrogens with zero attached hydrogens (tertiary/aromatic N) is 4. The Balaban J connectivity index is 2.07. The molecule has 0 saturated heterocycles. The molecule has 2 aromatic rings. The molecule has 2 rings (SSSR count). The van der Waals surface area contributed by atoms with Crippen molar-refractivity contribution >= 4 is 5.95 Å². The van der Waals surface area contributed by atoms with E-state index < -0.39 is 0 Å². The van der Waals surface area contributed by atoms with Crippen molar-refractivity contribution in [1.29, 1.82) is 0 Å². The Morgan fingerprint density at radius 2 is 1.74 bits per heavy atom. The number of aryl methyl sites for hydroxylation is 4. The lowest BCUT2D eigenvalue weighted by Crippen LogP contribution is -2.10. The average molecular weight is 260 g/mol. The van der Waals surface area contributed by atoms with Gasteiger partial charge in [0.25, 0.3) is 0 Å². The molecule has 0 atom stereocenters. The highest BCUT2D eigenvalue weighted by atomic mass is 15.2. The topological polar surface area (TPSA) is 79.4 Å². The molecule has 2 heterocycles. The van der Waals surface area contributed by atoms with Crippen molar-refractivity contribution in [3.63, 3.8) is 0 Å². The molecule has 0 radical (unpaired) electrons. The molecule has 0 bridgehead atoms. The van der Waals surface area contributed by atoms with Crippen LogP contribution >= 0.6 is 0 Å². The quantitative estimate of drug-likeness (QED) is 0.859. The number of aromatic nitrogens is 5. The van der Waals surface area contributed by atoms with Crippen molar-refractivity contribution in [3.8, 4) is 0 Å². The predicted molar refractivity (Wildman–Crippen MR) is 74.0 cm³/mol. The number of imidazole rings is 1. The predicted octanol–water partition coefficient (Wildman–Crippen LogP) is 1.95. The molecule has 2 aromatic heterocycles. The Bertz CT molecular complexity index is 541. The van der Waals surface area contributed by atoms with Crippen LogP contribution in [0.1, 0.15) is 42.4 Å². The molecule has 0 amide bonds. The number of anilines is 1. The van der Waals surface area contributed by atoms with Crippen molar-refractivity contribution in [2.24, 2.45) is 0 Å². The van der Waals surface area contributed by atoms with E-state index in [-0.39, 0.29) is 0 Å². The molecule has 0 saturated carbocycles. The summed E-state index contributed by atoms with van der Waals surface area (Å²) in [6, 6.07) is 0. The molecule has 0 fully saturated rings. The fourth-order valence-corrected chi connectivity index (χ4v) is 1.88. The lowest BCUT2D eigenvalue weighted by molar-refractivity contribution is 0.815. The third-order valence-electron chi connectivity index (χ3n) is 3.10. The van der Waals surface area contributed by atoms with E-state index >= 15 is 0 Å². The molecule has 19 heavy (non-hydrogen) atoms. The van der Waals surface area contributed by atoms with Gasteiger partial charge < -0.3 is 10.3 Å². The summed E-state index contributed by atoms with van der Waals surface area (Å²) in [4.78, 5) is 12.1. The Labute approximate surface area is 113 Å². The standard InChI is InChI=1S/C13H20N6/c1-5-10-11(6-2)18-19-13(17-10)14-7-12-15-8(3)9(4)16-12/h5-7H2,1-4H3,(H,15,16)(H,14,17,19). The van der Waals surface area contributed by atoms with Gasteiger partial charge in [0.2, 0.25) is 5.95 Å². The Morgan fingerprint density at radius 1 is 1.00 bits per heavy atom. The normalized spacial score (nSPS) is 10.7. The molecule has 0 aromatic carbocycles. The number of rotatable bonds is 5. The van der Waals surface area contributed by atoms with E-state index in [1.807, 2.05) is 13.8 Å². The molecule has 0 spiro atoms. The summed E-state index contributed by atoms with van der Waals surface area (Å²) in [5.41, 5.74) is 4.09. The summed E-state index contributed by atoms with van der Waals surface area (Å²) in [6.07, 6.45) is 1.73. The molecule has 2 N–H and O–H groups in total. The third kappa shape index (κ3) is 3.07. The summed E-state index contributed by atoms with van der Waals surface area (Å²) in [7, 11) is 0. The second-order valence-corrected chi connectivity index (χ2v) is 4.48. The van der Waals surface area contributed by atoms with Crippen molar-refractivity contribution in [1.82, 2.24) is 25.1 Å². The van der Waals surface area contributed by atoms with Crippen LogP contribution in [0.25, 0.3) is 0 Å². The zero-order chi connectivity index (χ0) is 13.8. The van der Waals surface area contributed by atoms with Gasteiger partial charge in [0.1, 0.15) is 5.82 Å². The summed E-state index contributed by atoms with van der Waals surface area (Å²) in [6.45, 7) is 8.71. The van der Waals surface area contributed by atoms with E-state index in [0.717, 1.165) is 41.4 Å². The van der Waals surface area contributed by atoms with Crippen LogP contribution in [0.2, 0.25) is 0 Å². The van der Waals surface area contributed by atoms with Crippen LogP contribution in [-0.4, -0.2) is 25.1 Å². The maximum atomic E-state index is 4.48. The van der Waals surface area contributed by atoms with Gasteiger partial charge in [0.15, 0.2) is 0 Å². The van der Waals surface area contributed by atoms with Gasteiger partial charge in [0, 0.05) is 5.69 Å². The van der Waals surface area contributed by atoms with Crippen LogP contribution in [0.15, 0.2) is 0 Å². The van der Waals surface area contributed by atoms with Gasteiger partial charge in [-0.25, -0.2) is 9.97 Å². The molecule has 0 unspecified atom stereocenters. The smallest absolute Gasteiger partial charge is 0.243 e. The fraction of sp³-hybridized carbons (Fsp3) is 0.538. The summed E-state index contributed by atoms with van der Waals surface area (Å²) >= 11 is 0. The molecule has 0 aliphatic carbocycles. The Kier molecular flexibility index (Phi) is 4.09. The first kappa shape index (κ1) is 13.5. The van der Waals surface area contributed by atoms with Crippen LogP contribution in [0, 0.1) is 13.8 Å². The van der Waals surface area contributed by atoms with Crippen molar-refractivity contribution in [3.05, 3.63) is 28.6 Å². The van der Waals surface area contributed by atoms with E-state index in [2.05, 4.69) is 44.3 Å². The Hall–Kier alpha value is -1.98. The van der Waals surface area contributed by atoms with Crippen molar-refractivity contribution < 1.29 is 0 Å². The number of hydrogen-bond donors (Lipinski definition) is 2. The molecule has 0 aliphatic heterocycles. The zero-order valence-electron chi connectivity index (χ0n) is 11.9. The van der Waals surface area contributed by atoms with E-state index in [0.29, 0.717) is 12.5 Å². The second kappa shape index (κ2) is 5.77. The summed E-state index contributed by atoms with van der Waals surface area (Å²) in [5.74, 6) is 1.44. The summed E-state index contributed by atoms with van der Waals surface area (Å²) in [5, 5.41) is 11.4. The number of aromatic amines is 1. The SMILES string of the molecule is CCc1nnc(NCc2nc(C)c(C)[nH]2)nc1CC. The highest BCUT2D eigenvalue weighted by Gasteiger charge is 2.07. The van der Waals surface area contributed by atoms with Gasteiger partial charge in [-0.15, -0.1) is 5.10 Å². The molecule has 6 heteroatoms. The first-order valence-electron chi connectivity index (χ1n) is 6.62. The van der Waals surface area contributed by atoms with Gasteiger partial charge in [-0.3, -0.25) is 0 Å². The fourth-order valence-electron chi connectivity index (χ4n) is 1.88. The minimum atomic E-state index is 0.556. The van der Waals surface area contributed by atoms with Crippen molar-refractivity contribution in [2.45, 2.75) is 47.1 Å². The van der Waals surface area contributed by atoms with Gasteiger partial charge >= 0.3 is 0 Å². The molecule has 102 valence electrons. The van der Waals surface area contributed by atoms with E-state index in [1.165, 1.54) is 0 Å². The van der Waals surface area contributed by atoms with Crippen LogP contribution in [0.3, 0.4) is 0 Å². The van der Waals surface area contributed by atoms with Gasteiger partial charge in [0.05, 0.1) is 23.6 Å². The van der Waals surface area contributed by atoms with Crippen molar-refractivity contribution in [2.75, 3.05) is 5.32 Å². The Morgan fingerprint density at radius 3 is 2.32 bits per heavy atom. The molecular weight excluding hydrogens is 240 g/mol. The first-order chi connectivity index (χ1) is 9.13. The zero-order valence-corrected chi connectivity index (χ0v) is 11.9. The van der Waals surface area contributed by atoms with E-state index in [9.17, 15) is 0 Å². The van der Waals surface area contributed by atoms with Gasteiger partial charge in [-0.2, -0.15) is 5.10 Å². The summed E-state index contributed by atoms with van der Waals surface area (Å²) < 4.78 is 0. The molecular formula is C13H20N6. The minimum absolute atomic E-state index is 0.556. The lowest BCUT2D eigenvalue weighted by Gasteiger charge is -2.06. The second-order valence-electron chi connectivity index (χ2n) is 4.48. The van der Waals surface area contributed by atoms with Crippen LogP contribution in [-0.2, 0) is 19.4 Å². The number of H-pyrrole nitrogens is 1. The van der Waals surface area contributed by atoms with Crippen LogP contribution in [0.4, 0.5) is 5.95 Å². The largest absolute Gasteiger partial charge is 0.346 e. The average Bonchev–Trinajstić information content (AvgIpc) is 2.75. The van der Waals surface area contributed by atoms with E-state index in [1.54, 1.807) is 0 Å². The monoisotopic (exact) mass is 260 g/mol. The first-order valence-corrected chi connectivity index (χ1v) is 6.62. The molecule has 0 aliphatic rings. The minimum Gasteiger partial charge on any atom is -0.346 e. The van der Waals surface area contributed by atoms with E-state index in [4.69, 9.17) is 0 Å². The third-order valence-corrected chi connectivity index (χ3v) is 3.10. The maximum Gasteiger partial charge on any atom is 0.243 e. The maximum absolute atomic E-state index is 4.48. The lowest BCUT2D eigenvalue weighted by atomic mass is 10.2. The van der Waals surface area contributed by atoms with Crippen LogP contribution < -0.4 is 5.32 Å². The van der Waals surface area contributed by atoms with Gasteiger partial charge in [-0.05, 0) is 26.7 Å². The number of hydrogen-bond acceptors (Lipinski definition) is 5. The highest BCUT2D eigenvalue weighted by Crippen LogP contribution is 2.08. The highest BCUT2D eigenvalue weighted by molar-refractivity contribution is 5.26. The van der Waals surface area contributed by atoms with Gasteiger partial charge in [-0.1, -0.05) is 13.8 Å².